The van der Waals surface area contributed by atoms with E-state index in [-0.39, 0.29) is 0 Å². The predicted molar refractivity (Wildman–Crippen MR) is 52.2 cm³/mol. The maximum absolute atomic E-state index is 3.83. The zero-order valence-corrected chi connectivity index (χ0v) is 7.44. The summed E-state index contributed by atoms with van der Waals surface area (Å²) in [6.07, 6.45) is 3.47. The lowest BCUT2D eigenvalue weighted by atomic mass is 10.1. The summed E-state index contributed by atoms with van der Waals surface area (Å²) >= 11 is 0. The van der Waals surface area contributed by atoms with Gasteiger partial charge in [0.1, 0.15) is 0 Å². The first-order valence-corrected chi connectivity index (χ1v) is 4.20. The first kappa shape index (κ1) is 7.92. The van der Waals surface area contributed by atoms with Crippen molar-refractivity contribution in [2.24, 2.45) is 0 Å². The maximum Gasteiger partial charge on any atom is 0.0574 e. The Morgan fingerprint density at radius 3 is 2.23 bits per heavy atom. The van der Waals surface area contributed by atoms with Gasteiger partial charge in [0.25, 0.3) is 0 Å². The molecule has 0 aliphatic heterocycles. The summed E-state index contributed by atoms with van der Waals surface area (Å²) in [7, 11) is 0. The summed E-state index contributed by atoms with van der Waals surface area (Å²) in [5.74, 6) is 0. The molecule has 0 aliphatic rings. The second-order valence-corrected chi connectivity index (χ2v) is 3.00. The highest BCUT2D eigenvalue weighted by Gasteiger charge is 1.95. The highest BCUT2D eigenvalue weighted by molar-refractivity contribution is 5.61. The van der Waals surface area contributed by atoms with Crippen molar-refractivity contribution in [3.63, 3.8) is 0 Å². The highest BCUT2D eigenvalue weighted by atomic mass is 15.1. The molecule has 64 valence electrons. The standard InChI is InChI=1S/C11H10N2/c1-9-2-4-10(5-3-9)11-6-7-12-13-8-11/h2-8H,1H3. The first-order valence-electron chi connectivity index (χ1n) is 4.20. The van der Waals surface area contributed by atoms with Gasteiger partial charge >= 0.3 is 0 Å². The Hall–Kier alpha value is -1.70. The Labute approximate surface area is 77.3 Å². The van der Waals surface area contributed by atoms with Crippen LogP contribution in [0.15, 0.2) is 42.7 Å². The largest absolute Gasteiger partial charge is 0.159 e. The lowest BCUT2D eigenvalue weighted by molar-refractivity contribution is 1.03. The van der Waals surface area contributed by atoms with E-state index in [1.807, 2.05) is 6.07 Å². The van der Waals surface area contributed by atoms with Gasteiger partial charge in [-0.3, -0.25) is 0 Å². The molecule has 0 fully saturated rings. The van der Waals surface area contributed by atoms with E-state index >= 15 is 0 Å². The zero-order valence-electron chi connectivity index (χ0n) is 7.44. The Morgan fingerprint density at radius 2 is 1.62 bits per heavy atom. The molecule has 1 aromatic carbocycles. The van der Waals surface area contributed by atoms with Crippen LogP contribution in [0.5, 0.6) is 0 Å². The minimum Gasteiger partial charge on any atom is -0.159 e. The lowest BCUT2D eigenvalue weighted by Gasteiger charge is -1.99. The number of aromatic nitrogens is 2. The molecule has 2 aromatic rings. The van der Waals surface area contributed by atoms with Crippen LogP contribution in [-0.4, -0.2) is 10.2 Å². The molecule has 0 N–H and O–H groups in total. The molecule has 0 atom stereocenters. The van der Waals surface area contributed by atoms with Gasteiger partial charge in [0.2, 0.25) is 0 Å². The van der Waals surface area contributed by atoms with Crippen LogP contribution in [0.25, 0.3) is 11.1 Å². The fourth-order valence-corrected chi connectivity index (χ4v) is 1.21. The van der Waals surface area contributed by atoms with Gasteiger partial charge in [0, 0.05) is 5.56 Å². The minimum absolute atomic E-state index is 1.11. The zero-order chi connectivity index (χ0) is 9.10. The molecule has 0 spiro atoms. The second-order valence-electron chi connectivity index (χ2n) is 3.00. The second kappa shape index (κ2) is 3.35. The van der Waals surface area contributed by atoms with Crippen molar-refractivity contribution < 1.29 is 0 Å². The smallest absolute Gasteiger partial charge is 0.0574 e. The van der Waals surface area contributed by atoms with E-state index in [1.165, 1.54) is 11.1 Å². The molecule has 0 aliphatic carbocycles. The van der Waals surface area contributed by atoms with Gasteiger partial charge in [-0.15, -0.1) is 0 Å². The van der Waals surface area contributed by atoms with Gasteiger partial charge < -0.3 is 0 Å². The van der Waals surface area contributed by atoms with E-state index in [4.69, 9.17) is 0 Å². The van der Waals surface area contributed by atoms with Gasteiger partial charge in [0.15, 0.2) is 0 Å². The summed E-state index contributed by atoms with van der Waals surface area (Å²) in [5, 5.41) is 7.57. The van der Waals surface area contributed by atoms with Crippen LogP contribution in [0.4, 0.5) is 0 Å². The SMILES string of the molecule is Cc1ccc(-c2ccnnc2)cc1. The summed E-state index contributed by atoms with van der Waals surface area (Å²) in [5.41, 5.74) is 3.56. The van der Waals surface area contributed by atoms with Crippen molar-refractivity contribution in [3.05, 3.63) is 48.3 Å². The van der Waals surface area contributed by atoms with E-state index in [2.05, 4.69) is 41.4 Å². The monoisotopic (exact) mass is 170 g/mol. The van der Waals surface area contributed by atoms with Gasteiger partial charge in [-0.2, -0.15) is 10.2 Å². The Kier molecular flexibility index (Phi) is 2.04. The third-order valence-corrected chi connectivity index (χ3v) is 1.97. The fraction of sp³-hybridized carbons (Fsp3) is 0.0909. The van der Waals surface area contributed by atoms with Crippen LogP contribution in [0.2, 0.25) is 0 Å². The number of benzene rings is 1. The van der Waals surface area contributed by atoms with Crippen LogP contribution >= 0.6 is 0 Å². The Balaban J connectivity index is 2.42. The molecule has 13 heavy (non-hydrogen) atoms. The molecular formula is C11H10N2. The average Bonchev–Trinajstić information content (AvgIpc) is 2.20. The Morgan fingerprint density at radius 1 is 0.846 bits per heavy atom. The van der Waals surface area contributed by atoms with Gasteiger partial charge in [0.05, 0.1) is 12.4 Å². The van der Waals surface area contributed by atoms with Gasteiger partial charge in [-0.1, -0.05) is 29.8 Å². The average molecular weight is 170 g/mol. The molecule has 1 heterocycles. The van der Waals surface area contributed by atoms with Crippen molar-refractivity contribution >= 4 is 0 Å². The normalized spacial score (nSPS) is 9.92. The van der Waals surface area contributed by atoms with E-state index in [0.717, 1.165) is 5.56 Å². The molecule has 2 heteroatoms. The topological polar surface area (TPSA) is 25.8 Å². The van der Waals surface area contributed by atoms with E-state index in [1.54, 1.807) is 12.4 Å². The van der Waals surface area contributed by atoms with Gasteiger partial charge in [-0.25, -0.2) is 0 Å². The molecule has 0 saturated carbocycles. The number of aryl methyl sites for hydroxylation is 1. The van der Waals surface area contributed by atoms with Gasteiger partial charge in [-0.05, 0) is 18.6 Å². The molecular weight excluding hydrogens is 160 g/mol. The van der Waals surface area contributed by atoms with E-state index in [9.17, 15) is 0 Å². The number of hydrogen-bond donors (Lipinski definition) is 0. The van der Waals surface area contributed by atoms with E-state index in [0.29, 0.717) is 0 Å². The van der Waals surface area contributed by atoms with Crippen molar-refractivity contribution in [1.29, 1.82) is 0 Å². The molecule has 0 unspecified atom stereocenters. The fourth-order valence-electron chi connectivity index (χ4n) is 1.21. The third-order valence-electron chi connectivity index (χ3n) is 1.97. The highest BCUT2D eigenvalue weighted by Crippen LogP contribution is 2.17. The maximum atomic E-state index is 3.83. The summed E-state index contributed by atoms with van der Waals surface area (Å²) in [4.78, 5) is 0. The van der Waals surface area contributed by atoms with Crippen LogP contribution in [0.3, 0.4) is 0 Å². The molecule has 1 aromatic heterocycles. The van der Waals surface area contributed by atoms with Crippen LogP contribution in [-0.2, 0) is 0 Å². The molecule has 0 saturated heterocycles. The number of rotatable bonds is 1. The quantitative estimate of drug-likeness (QED) is 0.657. The molecule has 2 nitrogen and oxygen atoms in total. The summed E-state index contributed by atoms with van der Waals surface area (Å²) in [6.45, 7) is 2.08. The van der Waals surface area contributed by atoms with Crippen molar-refractivity contribution in [2.75, 3.05) is 0 Å². The molecule has 0 bridgehead atoms. The molecule has 0 radical (unpaired) electrons. The number of nitrogens with zero attached hydrogens (tertiary/aromatic N) is 2. The van der Waals surface area contributed by atoms with Crippen molar-refractivity contribution in [3.8, 4) is 11.1 Å². The summed E-state index contributed by atoms with van der Waals surface area (Å²) in [6, 6.07) is 10.3. The van der Waals surface area contributed by atoms with Crippen LogP contribution in [0, 0.1) is 6.92 Å². The number of hydrogen-bond acceptors (Lipinski definition) is 2. The van der Waals surface area contributed by atoms with Crippen molar-refractivity contribution in [2.45, 2.75) is 6.92 Å². The van der Waals surface area contributed by atoms with Crippen LogP contribution < -0.4 is 0 Å². The van der Waals surface area contributed by atoms with Crippen LogP contribution in [0.1, 0.15) is 5.56 Å². The van der Waals surface area contributed by atoms with E-state index < -0.39 is 0 Å². The minimum atomic E-state index is 1.11. The van der Waals surface area contributed by atoms with Crippen molar-refractivity contribution in [1.82, 2.24) is 10.2 Å². The third kappa shape index (κ3) is 1.72. The predicted octanol–water partition coefficient (Wildman–Crippen LogP) is 2.45. The summed E-state index contributed by atoms with van der Waals surface area (Å²) < 4.78 is 0. The molecule has 0 amide bonds. The lowest BCUT2D eigenvalue weighted by Crippen LogP contribution is -1.82. The first-order chi connectivity index (χ1) is 6.36. The Bertz CT molecular complexity index is 379. The molecule has 2 rings (SSSR count).